The standard InChI is InChI=1S/C20H22FN3O2S/c1-5-11(2)22-16(25)10-24-13(4)23-19-18(20(24)26)17(12(3)27-19)14-6-8-15(21)9-7-14/h6-9,11H,5,10H2,1-4H3,(H,22,25). The Morgan fingerprint density at radius 3 is 2.59 bits per heavy atom. The Bertz CT molecular complexity index is 1050. The number of aryl methyl sites for hydroxylation is 2. The van der Waals surface area contributed by atoms with Crippen LogP contribution in [0.5, 0.6) is 0 Å². The molecule has 0 aliphatic heterocycles. The molecule has 0 spiro atoms. The lowest BCUT2D eigenvalue weighted by Crippen LogP contribution is -2.38. The van der Waals surface area contributed by atoms with Crippen molar-refractivity contribution in [3.8, 4) is 11.1 Å². The van der Waals surface area contributed by atoms with Gasteiger partial charge in [-0.05, 0) is 44.9 Å². The van der Waals surface area contributed by atoms with Gasteiger partial charge in [0.05, 0.1) is 5.39 Å². The minimum Gasteiger partial charge on any atom is -0.352 e. The Labute approximate surface area is 160 Å². The summed E-state index contributed by atoms with van der Waals surface area (Å²) < 4.78 is 14.7. The van der Waals surface area contributed by atoms with Gasteiger partial charge in [-0.1, -0.05) is 19.1 Å². The van der Waals surface area contributed by atoms with Crippen LogP contribution in [0.25, 0.3) is 21.3 Å². The van der Waals surface area contributed by atoms with E-state index in [4.69, 9.17) is 0 Å². The topological polar surface area (TPSA) is 64.0 Å². The SMILES string of the molecule is CCC(C)NC(=O)Cn1c(C)nc2sc(C)c(-c3ccc(F)cc3)c2c1=O. The molecule has 1 aromatic carbocycles. The van der Waals surface area contributed by atoms with Gasteiger partial charge in [0.25, 0.3) is 5.56 Å². The fourth-order valence-corrected chi connectivity index (χ4v) is 4.09. The Morgan fingerprint density at radius 1 is 1.30 bits per heavy atom. The van der Waals surface area contributed by atoms with Crippen LogP contribution in [0.1, 0.15) is 31.0 Å². The predicted octanol–water partition coefficient (Wildman–Crippen LogP) is 3.80. The number of nitrogens with zero attached hydrogens (tertiary/aromatic N) is 2. The third-order valence-corrected chi connectivity index (χ3v) is 5.63. The van der Waals surface area contributed by atoms with E-state index >= 15 is 0 Å². The van der Waals surface area contributed by atoms with Crippen molar-refractivity contribution in [3.63, 3.8) is 0 Å². The molecule has 0 fully saturated rings. The van der Waals surface area contributed by atoms with Gasteiger partial charge in [0.1, 0.15) is 23.0 Å². The molecule has 1 atom stereocenters. The van der Waals surface area contributed by atoms with Gasteiger partial charge in [-0.2, -0.15) is 0 Å². The molecular formula is C20H22FN3O2S. The highest BCUT2D eigenvalue weighted by Gasteiger charge is 2.20. The Balaban J connectivity index is 2.12. The summed E-state index contributed by atoms with van der Waals surface area (Å²) in [6.45, 7) is 7.47. The minimum atomic E-state index is -0.330. The van der Waals surface area contributed by atoms with Crippen molar-refractivity contribution < 1.29 is 9.18 Å². The number of hydrogen-bond donors (Lipinski definition) is 1. The molecule has 0 bridgehead atoms. The monoisotopic (exact) mass is 387 g/mol. The number of amides is 1. The average molecular weight is 387 g/mol. The highest BCUT2D eigenvalue weighted by molar-refractivity contribution is 7.19. The Morgan fingerprint density at radius 2 is 1.96 bits per heavy atom. The maximum Gasteiger partial charge on any atom is 0.263 e. The minimum absolute atomic E-state index is 0.0448. The van der Waals surface area contributed by atoms with Gasteiger partial charge in [0.2, 0.25) is 5.91 Å². The van der Waals surface area contributed by atoms with Crippen LogP contribution in [0.15, 0.2) is 29.1 Å². The quantitative estimate of drug-likeness (QED) is 0.724. The number of rotatable bonds is 5. The van der Waals surface area contributed by atoms with Crippen LogP contribution in [-0.4, -0.2) is 21.5 Å². The molecule has 142 valence electrons. The maximum absolute atomic E-state index is 13.3. The van der Waals surface area contributed by atoms with Crippen LogP contribution in [0.4, 0.5) is 4.39 Å². The zero-order chi connectivity index (χ0) is 19.7. The van der Waals surface area contributed by atoms with Crippen molar-refractivity contribution in [2.45, 2.75) is 46.7 Å². The molecule has 1 N–H and O–H groups in total. The molecular weight excluding hydrogens is 365 g/mol. The van der Waals surface area contributed by atoms with Crippen molar-refractivity contribution in [2.75, 3.05) is 0 Å². The molecule has 0 saturated carbocycles. The van der Waals surface area contributed by atoms with Crippen molar-refractivity contribution >= 4 is 27.5 Å². The van der Waals surface area contributed by atoms with Crippen molar-refractivity contribution in [1.82, 2.24) is 14.9 Å². The van der Waals surface area contributed by atoms with Gasteiger partial charge in [0.15, 0.2) is 0 Å². The number of thiophene rings is 1. The van der Waals surface area contributed by atoms with E-state index in [1.807, 2.05) is 20.8 Å². The third kappa shape index (κ3) is 3.78. The van der Waals surface area contributed by atoms with Gasteiger partial charge in [-0.3, -0.25) is 14.2 Å². The first-order valence-corrected chi connectivity index (χ1v) is 9.69. The highest BCUT2D eigenvalue weighted by Crippen LogP contribution is 2.35. The predicted molar refractivity (Wildman–Crippen MR) is 107 cm³/mol. The summed E-state index contributed by atoms with van der Waals surface area (Å²) in [6, 6.07) is 6.10. The van der Waals surface area contributed by atoms with Gasteiger partial charge in [0, 0.05) is 16.5 Å². The van der Waals surface area contributed by atoms with Crippen molar-refractivity contribution in [2.24, 2.45) is 0 Å². The van der Waals surface area contributed by atoms with E-state index in [2.05, 4.69) is 10.3 Å². The molecule has 0 saturated heterocycles. The smallest absolute Gasteiger partial charge is 0.263 e. The van der Waals surface area contributed by atoms with Crippen LogP contribution in [-0.2, 0) is 11.3 Å². The number of halogens is 1. The van der Waals surface area contributed by atoms with Crippen molar-refractivity contribution in [3.05, 3.63) is 51.1 Å². The van der Waals surface area contributed by atoms with E-state index in [1.165, 1.54) is 28.0 Å². The molecule has 5 nitrogen and oxygen atoms in total. The summed E-state index contributed by atoms with van der Waals surface area (Å²) in [5.41, 5.74) is 1.27. The molecule has 2 aromatic heterocycles. The number of aromatic nitrogens is 2. The van der Waals surface area contributed by atoms with E-state index in [0.29, 0.717) is 16.0 Å². The summed E-state index contributed by atoms with van der Waals surface area (Å²) in [5, 5.41) is 3.35. The largest absolute Gasteiger partial charge is 0.352 e. The summed E-state index contributed by atoms with van der Waals surface area (Å²) in [5.74, 6) is -0.0475. The first kappa shape index (κ1) is 19.2. The van der Waals surface area contributed by atoms with E-state index < -0.39 is 0 Å². The lowest BCUT2D eigenvalue weighted by molar-refractivity contribution is -0.122. The van der Waals surface area contributed by atoms with Crippen molar-refractivity contribution in [1.29, 1.82) is 0 Å². The van der Waals surface area contributed by atoms with Crippen LogP contribution in [0.3, 0.4) is 0 Å². The Kier molecular flexibility index (Phi) is 5.41. The normalized spacial score (nSPS) is 12.3. The first-order chi connectivity index (χ1) is 12.8. The molecule has 0 radical (unpaired) electrons. The molecule has 0 aliphatic carbocycles. The molecule has 27 heavy (non-hydrogen) atoms. The molecule has 3 aromatic rings. The maximum atomic E-state index is 13.3. The third-order valence-electron chi connectivity index (χ3n) is 4.63. The zero-order valence-corrected chi connectivity index (χ0v) is 16.6. The van der Waals surface area contributed by atoms with Crippen LogP contribution in [0, 0.1) is 19.7 Å². The fourth-order valence-electron chi connectivity index (χ4n) is 3.01. The van der Waals surface area contributed by atoms with Gasteiger partial charge in [-0.15, -0.1) is 11.3 Å². The first-order valence-electron chi connectivity index (χ1n) is 8.87. The second-order valence-corrected chi connectivity index (χ2v) is 7.85. The lowest BCUT2D eigenvalue weighted by Gasteiger charge is -2.14. The fraction of sp³-hybridized carbons (Fsp3) is 0.350. The molecule has 3 rings (SSSR count). The number of fused-ring (bicyclic) bond motifs is 1. The highest BCUT2D eigenvalue weighted by atomic mass is 32.1. The molecule has 1 unspecified atom stereocenters. The number of hydrogen-bond acceptors (Lipinski definition) is 4. The zero-order valence-electron chi connectivity index (χ0n) is 15.8. The second kappa shape index (κ2) is 7.60. The van der Waals surface area contributed by atoms with Crippen LogP contribution in [0.2, 0.25) is 0 Å². The summed E-state index contributed by atoms with van der Waals surface area (Å²) in [7, 11) is 0. The Hall–Kier alpha value is -2.54. The van der Waals surface area contributed by atoms with E-state index in [1.54, 1.807) is 19.1 Å². The molecule has 0 aliphatic rings. The van der Waals surface area contributed by atoms with E-state index in [0.717, 1.165) is 22.4 Å². The van der Waals surface area contributed by atoms with Gasteiger partial charge >= 0.3 is 0 Å². The second-order valence-electron chi connectivity index (χ2n) is 6.65. The molecule has 1 amide bonds. The number of benzene rings is 1. The van der Waals surface area contributed by atoms with E-state index in [-0.39, 0.29) is 29.9 Å². The van der Waals surface area contributed by atoms with Gasteiger partial charge in [-0.25, -0.2) is 9.37 Å². The summed E-state index contributed by atoms with van der Waals surface area (Å²) in [6.07, 6.45) is 0.815. The lowest BCUT2D eigenvalue weighted by atomic mass is 10.0. The summed E-state index contributed by atoms with van der Waals surface area (Å²) >= 11 is 1.43. The number of nitrogens with one attached hydrogen (secondary N) is 1. The van der Waals surface area contributed by atoms with Gasteiger partial charge < -0.3 is 5.32 Å². The number of carbonyl (C=O) groups excluding carboxylic acids is 1. The molecule has 7 heteroatoms. The van der Waals surface area contributed by atoms with Crippen LogP contribution < -0.4 is 10.9 Å². The van der Waals surface area contributed by atoms with E-state index in [9.17, 15) is 14.0 Å². The summed E-state index contributed by atoms with van der Waals surface area (Å²) in [4.78, 5) is 31.6. The number of carbonyl (C=O) groups is 1. The average Bonchev–Trinajstić information content (AvgIpc) is 2.95. The van der Waals surface area contributed by atoms with Crippen LogP contribution >= 0.6 is 11.3 Å². The molecule has 2 heterocycles.